The molecule has 3 aromatic rings. The number of likely N-dealkylation sites (tertiary alicyclic amines) is 1. The van der Waals surface area contributed by atoms with Gasteiger partial charge in [0, 0.05) is 30.1 Å². The highest BCUT2D eigenvalue weighted by atomic mass is 16.5. The van der Waals surface area contributed by atoms with E-state index in [1.807, 2.05) is 6.07 Å². The number of ketones is 1. The number of methoxy groups -OCH3 is 3. The van der Waals surface area contributed by atoms with Crippen LogP contribution in [0.25, 0.3) is 5.76 Å². The average Bonchev–Trinajstić information content (AvgIpc) is 3.13. The molecule has 2 heterocycles. The molecule has 0 aliphatic carbocycles. The summed E-state index contributed by atoms with van der Waals surface area (Å²) >= 11 is 0. The normalized spacial score (nSPS) is 17.0. The second-order valence-electron chi connectivity index (χ2n) is 7.62. The summed E-state index contributed by atoms with van der Waals surface area (Å²) in [6.45, 7) is 0.114. The number of hydrogen-bond donors (Lipinski definition) is 1. The lowest BCUT2D eigenvalue weighted by Crippen LogP contribution is -2.29. The third kappa shape index (κ3) is 4.17. The van der Waals surface area contributed by atoms with Gasteiger partial charge in [-0.25, -0.2) is 0 Å². The van der Waals surface area contributed by atoms with Gasteiger partial charge in [-0.3, -0.25) is 14.6 Å². The highest BCUT2D eigenvalue weighted by Crippen LogP contribution is 2.44. The van der Waals surface area contributed by atoms with Gasteiger partial charge in [-0.1, -0.05) is 6.07 Å². The van der Waals surface area contributed by atoms with Gasteiger partial charge in [0.1, 0.15) is 23.0 Å². The van der Waals surface area contributed by atoms with E-state index < -0.39 is 17.7 Å². The fourth-order valence-corrected chi connectivity index (χ4v) is 4.01. The zero-order chi connectivity index (χ0) is 24.2. The van der Waals surface area contributed by atoms with Crippen molar-refractivity contribution in [3.8, 4) is 17.2 Å². The molecule has 1 aliphatic rings. The summed E-state index contributed by atoms with van der Waals surface area (Å²) < 4.78 is 16.1. The van der Waals surface area contributed by atoms with Gasteiger partial charge in [-0.15, -0.1) is 0 Å². The lowest BCUT2D eigenvalue weighted by Gasteiger charge is -2.27. The van der Waals surface area contributed by atoms with E-state index >= 15 is 0 Å². The van der Waals surface area contributed by atoms with Crippen LogP contribution in [-0.4, -0.2) is 48.0 Å². The third-order valence-electron chi connectivity index (χ3n) is 5.71. The molecule has 0 unspecified atom stereocenters. The van der Waals surface area contributed by atoms with Crippen molar-refractivity contribution < 1.29 is 28.9 Å². The second-order valence-corrected chi connectivity index (χ2v) is 7.62. The molecule has 0 radical (unpaired) electrons. The Bertz CT molecular complexity index is 1240. The lowest BCUT2D eigenvalue weighted by molar-refractivity contribution is -0.140. The van der Waals surface area contributed by atoms with Crippen LogP contribution < -0.4 is 14.2 Å². The molecule has 4 rings (SSSR count). The number of carbonyl (C=O) groups is 2. The van der Waals surface area contributed by atoms with E-state index in [9.17, 15) is 14.7 Å². The number of pyridine rings is 1. The maximum Gasteiger partial charge on any atom is 0.295 e. The maximum atomic E-state index is 13.3. The highest BCUT2D eigenvalue weighted by Gasteiger charge is 2.47. The average molecular weight is 460 g/mol. The van der Waals surface area contributed by atoms with Crippen molar-refractivity contribution in [3.63, 3.8) is 0 Å². The van der Waals surface area contributed by atoms with Gasteiger partial charge in [-0.2, -0.15) is 0 Å². The molecule has 1 N–H and O–H groups in total. The first-order chi connectivity index (χ1) is 16.5. The molecule has 174 valence electrons. The number of carbonyl (C=O) groups excluding carboxylic acids is 2. The first kappa shape index (κ1) is 22.8. The monoisotopic (exact) mass is 460 g/mol. The van der Waals surface area contributed by atoms with Crippen LogP contribution in [0.15, 0.2) is 72.6 Å². The van der Waals surface area contributed by atoms with Crippen LogP contribution in [0.2, 0.25) is 0 Å². The fourth-order valence-electron chi connectivity index (χ4n) is 4.01. The molecular weight excluding hydrogens is 436 g/mol. The zero-order valence-electron chi connectivity index (χ0n) is 19.0. The van der Waals surface area contributed by atoms with Gasteiger partial charge < -0.3 is 24.2 Å². The van der Waals surface area contributed by atoms with Crippen LogP contribution in [0.5, 0.6) is 17.2 Å². The minimum atomic E-state index is -0.910. The summed E-state index contributed by atoms with van der Waals surface area (Å²) in [6.07, 6.45) is 3.26. The van der Waals surface area contributed by atoms with Crippen LogP contribution in [0.3, 0.4) is 0 Å². The van der Waals surface area contributed by atoms with Gasteiger partial charge in [0.25, 0.3) is 11.7 Å². The Morgan fingerprint density at radius 2 is 1.68 bits per heavy atom. The number of ether oxygens (including phenoxy) is 3. The Hall–Kier alpha value is -4.33. The molecule has 1 amide bonds. The van der Waals surface area contributed by atoms with Crippen LogP contribution >= 0.6 is 0 Å². The van der Waals surface area contributed by atoms with Crippen LogP contribution in [0.1, 0.15) is 22.7 Å². The largest absolute Gasteiger partial charge is 0.507 e. The topological polar surface area (TPSA) is 98.2 Å². The standard InChI is InChI=1S/C26H24N2O6/c1-32-18-8-6-17(7-9-18)24(29)22-23(20-13-19(33-2)10-11-21(20)34-3)28(26(31)25(22)30)15-16-5-4-12-27-14-16/h4-14,23,29H,15H2,1-3H3/b24-22+/t23-/m0/s1. The molecule has 1 atom stereocenters. The van der Waals surface area contributed by atoms with E-state index in [-0.39, 0.29) is 17.9 Å². The van der Waals surface area contributed by atoms with Crippen LogP contribution in [0, 0.1) is 0 Å². The van der Waals surface area contributed by atoms with Gasteiger partial charge in [0.05, 0.1) is 32.9 Å². The molecule has 1 saturated heterocycles. The van der Waals surface area contributed by atoms with Gasteiger partial charge in [0.2, 0.25) is 0 Å². The third-order valence-corrected chi connectivity index (χ3v) is 5.71. The van der Waals surface area contributed by atoms with E-state index in [0.717, 1.165) is 5.56 Å². The summed E-state index contributed by atoms with van der Waals surface area (Å²) in [5.74, 6) is -0.234. The van der Waals surface area contributed by atoms with Gasteiger partial charge in [-0.05, 0) is 54.1 Å². The number of aromatic nitrogens is 1. The van der Waals surface area contributed by atoms with Crippen molar-refractivity contribution in [2.45, 2.75) is 12.6 Å². The molecule has 8 heteroatoms. The van der Waals surface area contributed by atoms with Crippen molar-refractivity contribution in [3.05, 3.63) is 89.3 Å². The van der Waals surface area contributed by atoms with E-state index in [2.05, 4.69) is 4.98 Å². The number of rotatable bonds is 7. The van der Waals surface area contributed by atoms with Crippen molar-refractivity contribution in [1.82, 2.24) is 9.88 Å². The quantitative estimate of drug-likeness (QED) is 0.326. The first-order valence-electron chi connectivity index (χ1n) is 10.5. The maximum absolute atomic E-state index is 13.3. The predicted octanol–water partition coefficient (Wildman–Crippen LogP) is 3.73. The van der Waals surface area contributed by atoms with Crippen molar-refractivity contribution in [1.29, 1.82) is 0 Å². The number of hydrogen-bond acceptors (Lipinski definition) is 7. The molecule has 0 spiro atoms. The van der Waals surface area contributed by atoms with E-state index in [1.54, 1.807) is 60.9 Å². The van der Waals surface area contributed by atoms with Crippen LogP contribution in [0.4, 0.5) is 0 Å². The molecule has 0 saturated carbocycles. The molecule has 2 aromatic carbocycles. The minimum Gasteiger partial charge on any atom is -0.507 e. The smallest absolute Gasteiger partial charge is 0.295 e. The Kier molecular flexibility index (Phi) is 6.49. The van der Waals surface area contributed by atoms with E-state index in [4.69, 9.17) is 14.2 Å². The Morgan fingerprint density at radius 3 is 2.29 bits per heavy atom. The molecule has 34 heavy (non-hydrogen) atoms. The number of nitrogens with zero attached hydrogens (tertiary/aromatic N) is 2. The minimum absolute atomic E-state index is 0.0365. The number of amides is 1. The molecule has 0 bridgehead atoms. The van der Waals surface area contributed by atoms with Crippen molar-refractivity contribution in [2.75, 3.05) is 21.3 Å². The number of aliphatic hydroxyl groups is 1. The van der Waals surface area contributed by atoms with Gasteiger partial charge in [0.15, 0.2) is 0 Å². The summed E-state index contributed by atoms with van der Waals surface area (Å²) in [5.41, 5.74) is 1.60. The SMILES string of the molecule is COc1ccc(/C(O)=C2\C(=O)C(=O)N(Cc3cccnc3)[C@H]2c2cc(OC)ccc2OC)cc1. The fraction of sp³-hybridized carbons (Fsp3) is 0.192. The number of Topliss-reactive ketones (excluding diaryl/α,β-unsaturated/α-hetero) is 1. The van der Waals surface area contributed by atoms with Gasteiger partial charge >= 0.3 is 0 Å². The molecular formula is C26H24N2O6. The lowest BCUT2D eigenvalue weighted by atomic mass is 9.94. The summed E-state index contributed by atoms with van der Waals surface area (Å²) in [6, 6.07) is 14.4. The van der Waals surface area contributed by atoms with Crippen molar-refractivity contribution >= 4 is 17.4 Å². The Labute approximate surface area is 197 Å². The number of benzene rings is 2. The molecule has 8 nitrogen and oxygen atoms in total. The second kappa shape index (κ2) is 9.66. The first-order valence-corrected chi connectivity index (χ1v) is 10.5. The van der Waals surface area contributed by atoms with Crippen molar-refractivity contribution in [2.24, 2.45) is 0 Å². The molecule has 1 aromatic heterocycles. The molecule has 1 aliphatic heterocycles. The number of aliphatic hydroxyl groups excluding tert-OH is 1. The van der Waals surface area contributed by atoms with E-state index in [0.29, 0.717) is 28.4 Å². The summed E-state index contributed by atoms with van der Waals surface area (Å²) in [7, 11) is 4.56. The highest BCUT2D eigenvalue weighted by molar-refractivity contribution is 6.46. The van der Waals surface area contributed by atoms with Crippen LogP contribution in [-0.2, 0) is 16.1 Å². The molecule has 1 fully saturated rings. The predicted molar refractivity (Wildman–Crippen MR) is 125 cm³/mol. The summed E-state index contributed by atoms with van der Waals surface area (Å²) in [4.78, 5) is 32.0. The zero-order valence-corrected chi connectivity index (χ0v) is 19.0. The Morgan fingerprint density at radius 1 is 0.971 bits per heavy atom. The van der Waals surface area contributed by atoms with E-state index in [1.165, 1.54) is 26.2 Å². The summed E-state index contributed by atoms with van der Waals surface area (Å²) in [5, 5.41) is 11.2. The Balaban J connectivity index is 1.92.